The molecule has 1 saturated carbocycles. The molecular formula is C18H21N4O2S-. The van der Waals surface area contributed by atoms with Crippen molar-refractivity contribution in [3.8, 4) is 0 Å². The molecule has 1 aliphatic rings. The molecule has 0 spiro atoms. The number of hydrogen-bond acceptors (Lipinski definition) is 5. The quantitative estimate of drug-likeness (QED) is 0.636. The Hall–Kier alpha value is -2.28. The van der Waals surface area contributed by atoms with Crippen LogP contribution in [0.15, 0.2) is 29.4 Å². The predicted molar refractivity (Wildman–Crippen MR) is 96.1 cm³/mol. The standard InChI is InChI=1S/C18H22N4O2S/c23-17(24)15-9-6-14(7-10-15)12-19-22-16(20-21-18(22)25)11-8-13-4-2-1-3-5-13/h6-7,9-10,12-13H,1-5,8,11H2,(H,21,25)(H,23,24)/p-1/b19-12-. The van der Waals surface area contributed by atoms with Crippen molar-refractivity contribution in [3.05, 3.63) is 46.0 Å². The molecule has 6 nitrogen and oxygen atoms in total. The number of nitrogens with one attached hydrogen (secondary N) is 1. The smallest absolute Gasteiger partial charge is 0.216 e. The Morgan fingerprint density at radius 3 is 2.72 bits per heavy atom. The summed E-state index contributed by atoms with van der Waals surface area (Å²) in [5, 5.41) is 22.3. The lowest BCUT2D eigenvalue weighted by molar-refractivity contribution is -0.255. The summed E-state index contributed by atoms with van der Waals surface area (Å²) >= 11 is 5.26. The van der Waals surface area contributed by atoms with Crippen LogP contribution in [-0.2, 0) is 6.42 Å². The number of carboxylic acids is 1. The summed E-state index contributed by atoms with van der Waals surface area (Å²) in [5.41, 5.74) is 0.927. The molecule has 1 N–H and O–H groups in total. The van der Waals surface area contributed by atoms with E-state index in [0.29, 0.717) is 4.77 Å². The van der Waals surface area contributed by atoms with Gasteiger partial charge in [-0.1, -0.05) is 56.4 Å². The van der Waals surface area contributed by atoms with E-state index in [1.165, 1.54) is 44.2 Å². The molecular weight excluding hydrogens is 336 g/mol. The summed E-state index contributed by atoms with van der Waals surface area (Å²) in [5.74, 6) is 0.414. The van der Waals surface area contributed by atoms with Gasteiger partial charge < -0.3 is 9.90 Å². The summed E-state index contributed by atoms with van der Waals surface area (Å²) < 4.78 is 2.10. The molecule has 0 radical (unpaired) electrons. The highest BCUT2D eigenvalue weighted by molar-refractivity contribution is 7.71. The Labute approximate surface area is 151 Å². The number of carbonyl (C=O) groups is 1. The molecule has 1 aromatic carbocycles. The second kappa shape index (κ2) is 8.20. The molecule has 7 heteroatoms. The topological polar surface area (TPSA) is 86.1 Å². The zero-order valence-corrected chi connectivity index (χ0v) is 14.8. The first-order valence-corrected chi connectivity index (χ1v) is 9.06. The van der Waals surface area contributed by atoms with Crippen LogP contribution < -0.4 is 5.11 Å². The lowest BCUT2D eigenvalue weighted by Crippen LogP contribution is -2.21. The average Bonchev–Trinajstić information content (AvgIpc) is 2.99. The number of aromatic carboxylic acids is 1. The molecule has 0 atom stereocenters. The van der Waals surface area contributed by atoms with Crippen LogP contribution in [0.2, 0.25) is 0 Å². The third-order valence-corrected chi connectivity index (χ3v) is 4.95. The number of aromatic nitrogens is 3. The van der Waals surface area contributed by atoms with Crippen LogP contribution in [0.3, 0.4) is 0 Å². The average molecular weight is 357 g/mol. The van der Waals surface area contributed by atoms with Crippen LogP contribution in [0.1, 0.15) is 60.3 Å². The molecule has 2 aromatic rings. The van der Waals surface area contributed by atoms with Gasteiger partial charge in [-0.05, 0) is 35.7 Å². The van der Waals surface area contributed by atoms with Gasteiger partial charge in [-0.25, -0.2) is 0 Å². The van der Waals surface area contributed by atoms with Crippen LogP contribution >= 0.6 is 12.2 Å². The fourth-order valence-electron chi connectivity index (χ4n) is 3.24. The number of carbonyl (C=O) groups excluding carboxylic acids is 1. The maximum absolute atomic E-state index is 10.8. The summed E-state index contributed by atoms with van der Waals surface area (Å²) in [7, 11) is 0. The third kappa shape index (κ3) is 4.63. The number of nitrogens with zero attached hydrogens (tertiary/aromatic N) is 3. The van der Waals surface area contributed by atoms with E-state index in [1.54, 1.807) is 23.0 Å². The van der Waals surface area contributed by atoms with Gasteiger partial charge in [0.2, 0.25) is 4.77 Å². The molecule has 0 aliphatic heterocycles. The maximum atomic E-state index is 10.8. The van der Waals surface area contributed by atoms with Gasteiger partial charge in [0.1, 0.15) is 0 Å². The van der Waals surface area contributed by atoms with Crippen LogP contribution in [0.5, 0.6) is 0 Å². The van der Waals surface area contributed by atoms with Crippen LogP contribution in [0.25, 0.3) is 0 Å². The zero-order chi connectivity index (χ0) is 17.6. The molecule has 0 bridgehead atoms. The van der Waals surface area contributed by atoms with E-state index >= 15 is 0 Å². The highest BCUT2D eigenvalue weighted by atomic mass is 32.1. The first-order chi connectivity index (χ1) is 12.1. The van der Waals surface area contributed by atoms with Gasteiger partial charge in [0.15, 0.2) is 5.82 Å². The Morgan fingerprint density at radius 2 is 2.04 bits per heavy atom. The summed E-state index contributed by atoms with van der Waals surface area (Å²) in [4.78, 5) is 10.8. The number of hydrogen-bond donors (Lipinski definition) is 1. The van der Waals surface area contributed by atoms with E-state index in [9.17, 15) is 9.90 Å². The minimum absolute atomic E-state index is 0.144. The Kier molecular flexibility index (Phi) is 5.75. The number of benzene rings is 1. The lowest BCUT2D eigenvalue weighted by atomic mass is 9.86. The second-order valence-electron chi connectivity index (χ2n) is 6.45. The van der Waals surface area contributed by atoms with Gasteiger partial charge in [-0.15, -0.1) is 0 Å². The molecule has 3 rings (SSSR count). The van der Waals surface area contributed by atoms with Gasteiger partial charge >= 0.3 is 0 Å². The Balaban J connectivity index is 1.68. The lowest BCUT2D eigenvalue weighted by Gasteiger charge is -2.20. The van der Waals surface area contributed by atoms with E-state index < -0.39 is 5.97 Å². The number of aromatic amines is 1. The summed E-state index contributed by atoms with van der Waals surface area (Å²) in [6.07, 6.45) is 10.2. The van der Waals surface area contributed by atoms with E-state index in [2.05, 4.69) is 15.3 Å². The molecule has 0 amide bonds. The summed E-state index contributed by atoms with van der Waals surface area (Å²) in [6, 6.07) is 6.35. The maximum Gasteiger partial charge on any atom is 0.216 e. The van der Waals surface area contributed by atoms with Crippen LogP contribution in [0, 0.1) is 10.7 Å². The zero-order valence-electron chi connectivity index (χ0n) is 14.0. The van der Waals surface area contributed by atoms with Gasteiger partial charge in [0, 0.05) is 6.42 Å². The summed E-state index contributed by atoms with van der Waals surface area (Å²) in [6.45, 7) is 0. The molecule has 25 heavy (non-hydrogen) atoms. The normalized spacial score (nSPS) is 15.7. The van der Waals surface area contributed by atoms with Crippen LogP contribution in [0.4, 0.5) is 0 Å². The van der Waals surface area contributed by atoms with Crippen molar-refractivity contribution in [2.24, 2.45) is 11.0 Å². The molecule has 1 heterocycles. The minimum Gasteiger partial charge on any atom is -0.545 e. The van der Waals surface area contributed by atoms with E-state index in [1.807, 2.05) is 0 Å². The molecule has 1 aliphatic carbocycles. The van der Waals surface area contributed by atoms with Crippen molar-refractivity contribution in [1.29, 1.82) is 0 Å². The number of aryl methyl sites for hydroxylation is 1. The van der Waals surface area contributed by atoms with Crippen molar-refractivity contribution in [1.82, 2.24) is 14.9 Å². The van der Waals surface area contributed by atoms with E-state index in [4.69, 9.17) is 12.2 Å². The minimum atomic E-state index is -1.19. The highest BCUT2D eigenvalue weighted by Crippen LogP contribution is 2.27. The largest absolute Gasteiger partial charge is 0.545 e. The van der Waals surface area contributed by atoms with Crippen molar-refractivity contribution >= 4 is 24.4 Å². The highest BCUT2D eigenvalue weighted by Gasteiger charge is 2.15. The monoisotopic (exact) mass is 357 g/mol. The molecule has 132 valence electrons. The number of carboxylic acid groups (broad SMARTS) is 1. The van der Waals surface area contributed by atoms with Crippen molar-refractivity contribution in [2.75, 3.05) is 0 Å². The molecule has 1 fully saturated rings. The number of H-pyrrole nitrogens is 1. The van der Waals surface area contributed by atoms with Crippen molar-refractivity contribution in [2.45, 2.75) is 44.9 Å². The fraction of sp³-hybridized carbons (Fsp3) is 0.444. The van der Waals surface area contributed by atoms with Gasteiger partial charge in [0.05, 0.1) is 12.2 Å². The Morgan fingerprint density at radius 1 is 1.32 bits per heavy atom. The first kappa shape index (κ1) is 17.5. The van der Waals surface area contributed by atoms with Crippen molar-refractivity contribution in [3.63, 3.8) is 0 Å². The van der Waals surface area contributed by atoms with Gasteiger partial charge in [-0.3, -0.25) is 5.10 Å². The number of rotatable bonds is 6. The fourth-order valence-corrected chi connectivity index (χ4v) is 3.44. The van der Waals surface area contributed by atoms with Crippen LogP contribution in [-0.4, -0.2) is 27.1 Å². The molecule has 0 unspecified atom stereocenters. The SMILES string of the molecule is O=C([O-])c1ccc(/C=N\n2c(CCC3CCCCC3)n[nH]c2=S)cc1. The predicted octanol–water partition coefficient (Wildman–Crippen LogP) is 2.70. The van der Waals surface area contributed by atoms with E-state index in [-0.39, 0.29) is 5.56 Å². The van der Waals surface area contributed by atoms with Gasteiger partial charge in [0.25, 0.3) is 0 Å². The second-order valence-corrected chi connectivity index (χ2v) is 6.84. The molecule has 1 aromatic heterocycles. The van der Waals surface area contributed by atoms with Crippen molar-refractivity contribution < 1.29 is 9.90 Å². The Bertz CT molecular complexity index is 801. The van der Waals surface area contributed by atoms with E-state index in [0.717, 1.165) is 30.1 Å². The van der Waals surface area contributed by atoms with Gasteiger partial charge in [-0.2, -0.15) is 14.9 Å². The molecule has 0 saturated heterocycles. The first-order valence-electron chi connectivity index (χ1n) is 8.65. The third-order valence-electron chi connectivity index (χ3n) is 4.69.